The van der Waals surface area contributed by atoms with Crippen LogP contribution in [-0.4, -0.2) is 10.2 Å². The third-order valence-corrected chi connectivity index (χ3v) is 2.52. The zero-order valence-corrected chi connectivity index (χ0v) is 9.66. The summed E-state index contributed by atoms with van der Waals surface area (Å²) in [6.07, 6.45) is 1.49. The van der Waals surface area contributed by atoms with Crippen LogP contribution in [0.4, 0.5) is 0 Å². The molecule has 2 nitrogen and oxygen atoms in total. The Morgan fingerprint density at radius 1 is 1.19 bits per heavy atom. The van der Waals surface area contributed by atoms with Gasteiger partial charge in [0.25, 0.3) is 5.24 Å². The minimum absolute atomic E-state index is 0.320. The normalized spacial score (nSPS) is 10.1. The number of halogens is 2. The summed E-state index contributed by atoms with van der Waals surface area (Å²) in [4.78, 5) is 15.4. The van der Waals surface area contributed by atoms with Crippen LogP contribution in [0.2, 0.25) is 5.02 Å². The number of benzene rings is 1. The molecule has 80 valence electrons. The number of hydrogen-bond donors (Lipinski definition) is 0. The smallest absolute Gasteiger partial charge is 0.254 e. The van der Waals surface area contributed by atoms with Crippen LogP contribution in [0, 0.1) is 0 Å². The van der Waals surface area contributed by atoms with Gasteiger partial charge in [0.1, 0.15) is 0 Å². The average molecular weight is 252 g/mol. The van der Waals surface area contributed by atoms with Crippen LogP contribution in [0.3, 0.4) is 0 Å². The predicted octanol–water partition coefficient (Wildman–Crippen LogP) is 3.78. The van der Waals surface area contributed by atoms with Gasteiger partial charge in [-0.05, 0) is 17.7 Å². The van der Waals surface area contributed by atoms with Crippen LogP contribution in [0.25, 0.3) is 11.3 Å². The summed E-state index contributed by atoms with van der Waals surface area (Å²) >= 11 is 11.3. The number of carbonyl (C=O) groups excluding carboxylic acids is 1. The van der Waals surface area contributed by atoms with Gasteiger partial charge in [0.2, 0.25) is 0 Å². The minimum atomic E-state index is -0.561. The van der Waals surface area contributed by atoms with E-state index in [2.05, 4.69) is 4.98 Å². The Labute approximate surface area is 103 Å². The van der Waals surface area contributed by atoms with E-state index in [1.165, 1.54) is 12.3 Å². The van der Waals surface area contributed by atoms with E-state index in [0.717, 1.165) is 5.56 Å². The molecule has 2 rings (SSSR count). The average Bonchev–Trinajstić information content (AvgIpc) is 2.30. The maximum Gasteiger partial charge on any atom is 0.254 e. The van der Waals surface area contributed by atoms with Gasteiger partial charge in [-0.15, -0.1) is 0 Å². The summed E-state index contributed by atoms with van der Waals surface area (Å²) in [6.45, 7) is 0. The zero-order valence-electron chi connectivity index (χ0n) is 8.15. The van der Waals surface area contributed by atoms with Crippen LogP contribution in [0.1, 0.15) is 10.4 Å². The van der Waals surface area contributed by atoms with Crippen LogP contribution >= 0.6 is 23.2 Å². The Balaban J connectivity index is 2.61. The molecule has 4 heteroatoms. The van der Waals surface area contributed by atoms with Gasteiger partial charge in [0.05, 0.1) is 16.3 Å². The van der Waals surface area contributed by atoms with Gasteiger partial charge in [-0.1, -0.05) is 41.9 Å². The van der Waals surface area contributed by atoms with E-state index in [-0.39, 0.29) is 0 Å². The lowest BCUT2D eigenvalue weighted by Crippen LogP contribution is -1.96. The van der Waals surface area contributed by atoms with E-state index >= 15 is 0 Å². The van der Waals surface area contributed by atoms with E-state index in [4.69, 9.17) is 23.2 Å². The topological polar surface area (TPSA) is 30.0 Å². The molecule has 0 saturated heterocycles. The van der Waals surface area contributed by atoms with Crippen molar-refractivity contribution in [1.82, 2.24) is 4.98 Å². The Morgan fingerprint density at radius 3 is 2.50 bits per heavy atom. The molecule has 0 unspecified atom stereocenters. The quantitative estimate of drug-likeness (QED) is 0.761. The first-order chi connectivity index (χ1) is 7.68. The molecule has 0 saturated carbocycles. The van der Waals surface area contributed by atoms with Gasteiger partial charge >= 0.3 is 0 Å². The molecular weight excluding hydrogens is 245 g/mol. The molecule has 0 bridgehead atoms. The first-order valence-corrected chi connectivity index (χ1v) is 5.35. The molecule has 16 heavy (non-hydrogen) atoms. The van der Waals surface area contributed by atoms with Crippen molar-refractivity contribution < 1.29 is 4.79 Å². The summed E-state index contributed by atoms with van der Waals surface area (Å²) < 4.78 is 0. The van der Waals surface area contributed by atoms with E-state index in [9.17, 15) is 4.79 Å². The number of rotatable bonds is 2. The van der Waals surface area contributed by atoms with Crippen molar-refractivity contribution in [3.63, 3.8) is 0 Å². The molecule has 0 amide bonds. The van der Waals surface area contributed by atoms with Crippen molar-refractivity contribution in [2.45, 2.75) is 0 Å². The summed E-state index contributed by atoms with van der Waals surface area (Å²) in [5, 5.41) is -0.169. The van der Waals surface area contributed by atoms with Gasteiger partial charge in [0, 0.05) is 11.8 Å². The Morgan fingerprint density at radius 2 is 1.88 bits per heavy atom. The fraction of sp³-hybridized carbons (Fsp3) is 0. The van der Waals surface area contributed by atoms with Gasteiger partial charge in [-0.25, -0.2) is 0 Å². The molecule has 0 aliphatic carbocycles. The highest BCUT2D eigenvalue weighted by Gasteiger charge is 2.12. The number of hydrogen-bond acceptors (Lipinski definition) is 2. The maximum atomic E-state index is 11.3. The minimum Gasteiger partial charge on any atom is -0.276 e. The predicted molar refractivity (Wildman–Crippen MR) is 64.9 cm³/mol. The van der Waals surface area contributed by atoms with Gasteiger partial charge in [-0.2, -0.15) is 0 Å². The van der Waals surface area contributed by atoms with Crippen LogP contribution in [0.15, 0.2) is 42.6 Å². The third kappa shape index (κ3) is 2.23. The Hall–Kier alpha value is -1.38. The van der Waals surface area contributed by atoms with Crippen molar-refractivity contribution >= 4 is 28.4 Å². The molecular formula is C12H7Cl2NO. The Bertz CT molecular complexity index is 526. The second-order valence-electron chi connectivity index (χ2n) is 3.19. The molecule has 0 radical (unpaired) electrons. The van der Waals surface area contributed by atoms with Crippen LogP contribution < -0.4 is 0 Å². The number of nitrogens with zero attached hydrogens (tertiary/aromatic N) is 1. The fourth-order valence-electron chi connectivity index (χ4n) is 1.42. The maximum absolute atomic E-state index is 11.3. The van der Waals surface area contributed by atoms with E-state index < -0.39 is 5.24 Å². The lowest BCUT2D eigenvalue weighted by atomic mass is 10.1. The summed E-state index contributed by atoms with van der Waals surface area (Å²) in [5.74, 6) is 0. The number of pyridine rings is 1. The number of aromatic nitrogens is 1. The monoisotopic (exact) mass is 251 g/mol. The van der Waals surface area contributed by atoms with Crippen molar-refractivity contribution in [2.75, 3.05) is 0 Å². The molecule has 1 aromatic heterocycles. The summed E-state index contributed by atoms with van der Waals surface area (Å²) in [7, 11) is 0. The lowest BCUT2D eigenvalue weighted by molar-refractivity contribution is 0.108. The number of carbonyl (C=O) groups is 1. The molecule has 0 spiro atoms. The molecule has 0 N–H and O–H groups in total. The lowest BCUT2D eigenvalue weighted by Gasteiger charge is -2.05. The van der Waals surface area contributed by atoms with Gasteiger partial charge in [0.15, 0.2) is 0 Å². The third-order valence-electron chi connectivity index (χ3n) is 2.11. The second kappa shape index (κ2) is 4.64. The van der Waals surface area contributed by atoms with Gasteiger partial charge < -0.3 is 0 Å². The molecule has 1 aromatic carbocycles. The molecule has 0 atom stereocenters. The fourth-order valence-corrected chi connectivity index (χ4v) is 1.72. The molecule has 0 aliphatic rings. The molecule has 0 aliphatic heterocycles. The SMILES string of the molecule is O=C(Cl)c1cc(Cl)cnc1-c1ccccc1. The first kappa shape index (κ1) is 11.1. The highest BCUT2D eigenvalue weighted by molar-refractivity contribution is 6.68. The Kier molecular flexibility index (Phi) is 3.22. The van der Waals surface area contributed by atoms with Gasteiger partial charge in [-0.3, -0.25) is 9.78 Å². The van der Waals surface area contributed by atoms with Crippen molar-refractivity contribution in [3.8, 4) is 11.3 Å². The van der Waals surface area contributed by atoms with Crippen LogP contribution in [-0.2, 0) is 0 Å². The highest BCUT2D eigenvalue weighted by atomic mass is 35.5. The van der Waals surface area contributed by atoms with Crippen molar-refractivity contribution in [2.24, 2.45) is 0 Å². The molecule has 0 fully saturated rings. The van der Waals surface area contributed by atoms with E-state index in [1.807, 2.05) is 30.3 Å². The molecule has 2 aromatic rings. The van der Waals surface area contributed by atoms with Crippen molar-refractivity contribution in [1.29, 1.82) is 0 Å². The summed E-state index contributed by atoms with van der Waals surface area (Å²) in [6, 6.07) is 10.9. The standard InChI is InChI=1S/C12H7Cl2NO/c13-9-6-10(12(14)16)11(15-7-9)8-4-2-1-3-5-8/h1-7H. The van der Waals surface area contributed by atoms with Crippen LogP contribution in [0.5, 0.6) is 0 Å². The highest BCUT2D eigenvalue weighted by Crippen LogP contribution is 2.24. The summed E-state index contributed by atoms with van der Waals surface area (Å²) in [5.41, 5.74) is 1.70. The van der Waals surface area contributed by atoms with E-state index in [1.54, 1.807) is 0 Å². The largest absolute Gasteiger partial charge is 0.276 e. The molecule has 1 heterocycles. The van der Waals surface area contributed by atoms with Crippen molar-refractivity contribution in [3.05, 3.63) is 53.2 Å². The zero-order chi connectivity index (χ0) is 11.5. The first-order valence-electron chi connectivity index (χ1n) is 4.59. The second-order valence-corrected chi connectivity index (χ2v) is 3.97. The van der Waals surface area contributed by atoms with E-state index in [0.29, 0.717) is 16.3 Å².